The van der Waals surface area contributed by atoms with Gasteiger partial charge in [0.1, 0.15) is 13.2 Å². The molecule has 2 amide bonds. The van der Waals surface area contributed by atoms with Crippen LogP contribution in [-0.2, 0) is 22.7 Å². The van der Waals surface area contributed by atoms with Gasteiger partial charge in [0.15, 0.2) is 0 Å². The molecule has 0 radical (unpaired) electrons. The predicted octanol–water partition coefficient (Wildman–Crippen LogP) is 3.63. The molecule has 0 aliphatic rings. The van der Waals surface area contributed by atoms with Crippen molar-refractivity contribution in [2.45, 2.75) is 26.1 Å². The van der Waals surface area contributed by atoms with Crippen LogP contribution in [0.1, 0.15) is 24.0 Å². The maximum atomic E-state index is 11.6. The number of hydrogen-bond acceptors (Lipinski definition) is 5. The normalized spacial score (nSPS) is 9.87. The molecule has 0 aromatic heterocycles. The Morgan fingerprint density at radius 3 is 1.43 bits per heavy atom. The van der Waals surface area contributed by atoms with Gasteiger partial charge in [0.05, 0.1) is 0 Å². The van der Waals surface area contributed by atoms with Gasteiger partial charge in [-0.1, -0.05) is 60.7 Å². The number of ether oxygens (including phenoxy) is 2. The standard InChI is InChI=1S/C22H29N3O4.ClH/c26-21(28-17-19-9-3-1-4-10-19)24-15-7-13-23-14-8-16-25-22(27)29-18-20-11-5-2-6-12-20;/h1-6,9-12,23H,7-8,13-18H2,(H,24,26)(H,25,27);1H. The Labute approximate surface area is 183 Å². The topological polar surface area (TPSA) is 88.7 Å². The lowest BCUT2D eigenvalue weighted by Gasteiger charge is -2.09. The maximum Gasteiger partial charge on any atom is 0.407 e. The molecular formula is C22H30ClN3O4. The van der Waals surface area contributed by atoms with Gasteiger partial charge in [0.2, 0.25) is 0 Å². The van der Waals surface area contributed by atoms with Crippen molar-refractivity contribution in [1.29, 1.82) is 0 Å². The summed E-state index contributed by atoms with van der Waals surface area (Å²) in [4.78, 5) is 23.2. The number of benzene rings is 2. The second-order valence-electron chi connectivity index (χ2n) is 6.43. The van der Waals surface area contributed by atoms with Crippen molar-refractivity contribution in [2.24, 2.45) is 0 Å². The molecule has 0 aliphatic heterocycles. The van der Waals surface area contributed by atoms with Crippen LogP contribution in [0.25, 0.3) is 0 Å². The second-order valence-corrected chi connectivity index (χ2v) is 6.43. The third-order valence-electron chi connectivity index (χ3n) is 4.02. The number of amides is 2. The molecule has 2 aromatic rings. The highest BCUT2D eigenvalue weighted by atomic mass is 35.5. The fourth-order valence-corrected chi connectivity index (χ4v) is 2.48. The molecule has 0 saturated heterocycles. The van der Waals surface area contributed by atoms with E-state index in [9.17, 15) is 9.59 Å². The fraction of sp³-hybridized carbons (Fsp3) is 0.364. The molecule has 0 aliphatic carbocycles. The van der Waals surface area contributed by atoms with E-state index in [-0.39, 0.29) is 25.6 Å². The Kier molecular flexibility index (Phi) is 13.5. The second kappa shape index (κ2) is 16.1. The van der Waals surface area contributed by atoms with Gasteiger partial charge >= 0.3 is 12.2 Å². The number of nitrogens with one attached hydrogen (secondary N) is 3. The van der Waals surface area contributed by atoms with E-state index in [0.717, 1.165) is 37.1 Å². The van der Waals surface area contributed by atoms with Crippen LogP contribution < -0.4 is 16.0 Å². The zero-order valence-corrected chi connectivity index (χ0v) is 17.8. The van der Waals surface area contributed by atoms with Crippen LogP contribution >= 0.6 is 12.4 Å². The zero-order valence-electron chi connectivity index (χ0n) is 17.0. The first-order valence-corrected chi connectivity index (χ1v) is 9.84. The van der Waals surface area contributed by atoms with Gasteiger partial charge in [-0.2, -0.15) is 0 Å². The molecule has 164 valence electrons. The van der Waals surface area contributed by atoms with Gasteiger partial charge in [-0.3, -0.25) is 0 Å². The first-order chi connectivity index (χ1) is 14.2. The Hall–Kier alpha value is -2.77. The van der Waals surface area contributed by atoms with Crippen LogP contribution in [0.3, 0.4) is 0 Å². The van der Waals surface area contributed by atoms with Crippen molar-refractivity contribution < 1.29 is 19.1 Å². The molecule has 2 aromatic carbocycles. The molecule has 2 rings (SSSR count). The smallest absolute Gasteiger partial charge is 0.407 e. The lowest BCUT2D eigenvalue weighted by molar-refractivity contribution is 0.139. The van der Waals surface area contributed by atoms with Crippen LogP contribution in [0.15, 0.2) is 60.7 Å². The Balaban J connectivity index is 0.00000450. The first kappa shape index (κ1) is 25.3. The predicted molar refractivity (Wildman–Crippen MR) is 119 cm³/mol. The Morgan fingerprint density at radius 2 is 1.03 bits per heavy atom. The molecule has 8 heteroatoms. The molecule has 30 heavy (non-hydrogen) atoms. The lowest BCUT2D eigenvalue weighted by atomic mass is 10.2. The van der Waals surface area contributed by atoms with Crippen molar-refractivity contribution in [3.8, 4) is 0 Å². The van der Waals surface area contributed by atoms with Crippen LogP contribution in [0, 0.1) is 0 Å². The molecule has 0 spiro atoms. The van der Waals surface area contributed by atoms with Crippen molar-refractivity contribution in [3.63, 3.8) is 0 Å². The number of hydrogen-bond donors (Lipinski definition) is 3. The molecule has 0 fully saturated rings. The SMILES string of the molecule is Cl.O=C(NCCCNCCCNC(=O)OCc1ccccc1)OCc1ccccc1. The van der Waals surface area contributed by atoms with Crippen molar-refractivity contribution in [2.75, 3.05) is 26.2 Å². The number of carbonyl (C=O) groups excluding carboxylic acids is 2. The molecule has 7 nitrogen and oxygen atoms in total. The van der Waals surface area contributed by atoms with E-state index in [2.05, 4.69) is 16.0 Å². The first-order valence-electron chi connectivity index (χ1n) is 9.84. The summed E-state index contributed by atoms with van der Waals surface area (Å²) in [6.07, 6.45) is 0.777. The highest BCUT2D eigenvalue weighted by Gasteiger charge is 2.02. The molecule has 0 atom stereocenters. The minimum Gasteiger partial charge on any atom is -0.445 e. The van der Waals surface area contributed by atoms with Crippen molar-refractivity contribution in [3.05, 3.63) is 71.8 Å². The summed E-state index contributed by atoms with van der Waals surface area (Å²) in [6.45, 7) is 3.18. The summed E-state index contributed by atoms with van der Waals surface area (Å²) in [5.41, 5.74) is 1.92. The van der Waals surface area contributed by atoms with Gasteiger partial charge in [-0.05, 0) is 37.1 Å². The van der Waals surface area contributed by atoms with Crippen molar-refractivity contribution in [1.82, 2.24) is 16.0 Å². The summed E-state index contributed by atoms with van der Waals surface area (Å²) >= 11 is 0. The van der Waals surface area contributed by atoms with E-state index in [1.54, 1.807) is 0 Å². The molecule has 0 saturated carbocycles. The number of halogens is 1. The van der Waals surface area contributed by atoms with E-state index < -0.39 is 12.2 Å². The van der Waals surface area contributed by atoms with Gasteiger partial charge in [0, 0.05) is 13.1 Å². The number of alkyl carbamates (subject to hydrolysis) is 2. The fourth-order valence-electron chi connectivity index (χ4n) is 2.48. The number of rotatable bonds is 12. The molecule has 0 unspecified atom stereocenters. The monoisotopic (exact) mass is 435 g/mol. The van der Waals surface area contributed by atoms with Gasteiger partial charge in [-0.25, -0.2) is 9.59 Å². The van der Waals surface area contributed by atoms with Gasteiger partial charge in [-0.15, -0.1) is 12.4 Å². The summed E-state index contributed by atoms with van der Waals surface area (Å²) in [6, 6.07) is 19.1. The average molecular weight is 436 g/mol. The summed E-state index contributed by atoms with van der Waals surface area (Å²) in [5, 5.41) is 8.71. The van der Waals surface area contributed by atoms with Crippen LogP contribution in [0.5, 0.6) is 0 Å². The molecule has 0 heterocycles. The summed E-state index contributed by atoms with van der Waals surface area (Å²) in [5.74, 6) is 0. The van der Waals surface area contributed by atoms with E-state index in [4.69, 9.17) is 9.47 Å². The highest BCUT2D eigenvalue weighted by Crippen LogP contribution is 2.01. The van der Waals surface area contributed by atoms with E-state index in [0.29, 0.717) is 13.1 Å². The van der Waals surface area contributed by atoms with Gasteiger partial charge < -0.3 is 25.4 Å². The largest absolute Gasteiger partial charge is 0.445 e. The Bertz CT molecular complexity index is 655. The quantitative estimate of drug-likeness (QED) is 0.443. The summed E-state index contributed by atoms with van der Waals surface area (Å²) in [7, 11) is 0. The van der Waals surface area contributed by atoms with E-state index >= 15 is 0 Å². The third kappa shape index (κ3) is 11.9. The third-order valence-corrected chi connectivity index (χ3v) is 4.02. The average Bonchev–Trinajstić information content (AvgIpc) is 2.76. The zero-order chi connectivity index (χ0) is 20.6. The maximum absolute atomic E-state index is 11.6. The number of carbonyl (C=O) groups is 2. The van der Waals surface area contributed by atoms with Crippen LogP contribution in [-0.4, -0.2) is 38.4 Å². The van der Waals surface area contributed by atoms with E-state index in [1.165, 1.54) is 0 Å². The highest BCUT2D eigenvalue weighted by molar-refractivity contribution is 5.85. The molecular weight excluding hydrogens is 406 g/mol. The van der Waals surface area contributed by atoms with Gasteiger partial charge in [0.25, 0.3) is 0 Å². The molecule has 3 N–H and O–H groups in total. The van der Waals surface area contributed by atoms with Crippen LogP contribution in [0.4, 0.5) is 9.59 Å². The summed E-state index contributed by atoms with van der Waals surface area (Å²) < 4.78 is 10.3. The van der Waals surface area contributed by atoms with E-state index in [1.807, 2.05) is 60.7 Å². The minimum atomic E-state index is -0.410. The van der Waals surface area contributed by atoms with Crippen LogP contribution in [0.2, 0.25) is 0 Å². The van der Waals surface area contributed by atoms with Crippen molar-refractivity contribution >= 4 is 24.6 Å². The Morgan fingerprint density at radius 1 is 0.633 bits per heavy atom. The molecule has 0 bridgehead atoms. The minimum absolute atomic E-state index is 0. The lowest BCUT2D eigenvalue weighted by Crippen LogP contribution is -2.30.